The highest BCUT2D eigenvalue weighted by atomic mass is 32.2. The van der Waals surface area contributed by atoms with Crippen LogP contribution in [-0.4, -0.2) is 19.4 Å². The molecule has 0 saturated carbocycles. The van der Waals surface area contributed by atoms with Crippen LogP contribution in [0.1, 0.15) is 0 Å². The second-order valence-corrected chi connectivity index (χ2v) is 5.09. The maximum Gasteiger partial charge on any atom is 0.123 e. The normalized spacial score (nSPS) is 10.2. The van der Waals surface area contributed by atoms with Gasteiger partial charge >= 0.3 is 0 Å². The van der Waals surface area contributed by atoms with Crippen LogP contribution in [0.3, 0.4) is 0 Å². The van der Waals surface area contributed by atoms with Crippen molar-refractivity contribution in [3.8, 4) is 5.75 Å². The van der Waals surface area contributed by atoms with Gasteiger partial charge in [-0.05, 0) is 48.5 Å². The minimum atomic E-state index is -0.203. The van der Waals surface area contributed by atoms with Crippen LogP contribution in [0.4, 0.5) is 10.1 Å². The van der Waals surface area contributed by atoms with Crippen molar-refractivity contribution in [2.75, 3.05) is 24.7 Å². The summed E-state index contributed by atoms with van der Waals surface area (Å²) in [5.74, 6) is 1.49. The number of thioether (sulfide) groups is 1. The topological polar surface area (TPSA) is 21.3 Å². The van der Waals surface area contributed by atoms with Crippen molar-refractivity contribution < 1.29 is 9.13 Å². The number of anilines is 1. The Labute approximate surface area is 117 Å². The summed E-state index contributed by atoms with van der Waals surface area (Å²) in [5, 5.41) is 3.06. The lowest BCUT2D eigenvalue weighted by molar-refractivity contribution is 0.344. The first-order chi connectivity index (χ1) is 9.28. The molecule has 0 spiro atoms. The number of rotatable bonds is 6. The molecule has 0 atom stereocenters. The molecule has 2 aromatic carbocycles. The molecule has 0 aliphatic carbocycles. The van der Waals surface area contributed by atoms with Gasteiger partial charge in [-0.15, -0.1) is 11.8 Å². The molecule has 2 aromatic rings. The number of hydrogen-bond acceptors (Lipinski definition) is 3. The van der Waals surface area contributed by atoms with Crippen LogP contribution in [0.5, 0.6) is 5.75 Å². The standard InChI is InChI=1S/C15H16FNOS/c1-17-13-4-6-14(7-5-13)18-10-11-19-15-8-2-12(16)3-9-15/h2-9,17H,10-11H2,1H3. The predicted molar refractivity (Wildman–Crippen MR) is 78.6 cm³/mol. The van der Waals surface area contributed by atoms with Crippen LogP contribution >= 0.6 is 11.8 Å². The minimum absolute atomic E-state index is 0.203. The van der Waals surface area contributed by atoms with E-state index in [9.17, 15) is 4.39 Å². The van der Waals surface area contributed by atoms with E-state index in [1.807, 2.05) is 31.3 Å². The first-order valence-corrected chi connectivity index (χ1v) is 7.05. The molecule has 0 radical (unpaired) electrons. The van der Waals surface area contributed by atoms with Crippen molar-refractivity contribution >= 4 is 17.4 Å². The first-order valence-electron chi connectivity index (χ1n) is 6.07. The second-order valence-electron chi connectivity index (χ2n) is 3.93. The highest BCUT2D eigenvalue weighted by Crippen LogP contribution is 2.19. The number of nitrogens with one attached hydrogen (secondary N) is 1. The quantitative estimate of drug-likeness (QED) is 0.636. The Morgan fingerprint density at radius 2 is 1.74 bits per heavy atom. The molecular weight excluding hydrogens is 261 g/mol. The number of ether oxygens (including phenoxy) is 1. The number of halogens is 1. The largest absolute Gasteiger partial charge is 0.493 e. The molecule has 0 unspecified atom stereocenters. The summed E-state index contributed by atoms with van der Waals surface area (Å²) in [6, 6.07) is 14.3. The molecule has 4 heteroatoms. The molecular formula is C15H16FNOS. The van der Waals surface area contributed by atoms with Crippen LogP contribution < -0.4 is 10.1 Å². The van der Waals surface area contributed by atoms with Crippen LogP contribution in [0.15, 0.2) is 53.4 Å². The van der Waals surface area contributed by atoms with E-state index in [4.69, 9.17) is 4.74 Å². The molecule has 2 nitrogen and oxygen atoms in total. The van der Waals surface area contributed by atoms with E-state index in [0.29, 0.717) is 6.61 Å². The Balaban J connectivity index is 1.72. The summed E-state index contributed by atoms with van der Waals surface area (Å²) in [4.78, 5) is 1.05. The fourth-order valence-electron chi connectivity index (χ4n) is 1.57. The van der Waals surface area contributed by atoms with Gasteiger partial charge in [0, 0.05) is 23.4 Å². The van der Waals surface area contributed by atoms with Crippen molar-refractivity contribution in [2.45, 2.75) is 4.90 Å². The third-order valence-corrected chi connectivity index (χ3v) is 3.55. The van der Waals surface area contributed by atoms with E-state index >= 15 is 0 Å². The van der Waals surface area contributed by atoms with Gasteiger partial charge in [0.05, 0.1) is 6.61 Å². The van der Waals surface area contributed by atoms with Crippen molar-refractivity contribution in [3.05, 3.63) is 54.3 Å². The van der Waals surface area contributed by atoms with Gasteiger partial charge in [0.2, 0.25) is 0 Å². The van der Waals surface area contributed by atoms with Crippen molar-refractivity contribution in [3.63, 3.8) is 0 Å². The van der Waals surface area contributed by atoms with E-state index in [-0.39, 0.29) is 5.82 Å². The fraction of sp³-hybridized carbons (Fsp3) is 0.200. The van der Waals surface area contributed by atoms with Gasteiger partial charge in [0.15, 0.2) is 0 Å². The average molecular weight is 277 g/mol. The number of hydrogen-bond donors (Lipinski definition) is 1. The van der Waals surface area contributed by atoms with E-state index in [0.717, 1.165) is 22.1 Å². The summed E-state index contributed by atoms with van der Waals surface area (Å²) in [6.45, 7) is 0.626. The summed E-state index contributed by atoms with van der Waals surface area (Å²) >= 11 is 1.65. The lowest BCUT2D eigenvalue weighted by Gasteiger charge is -2.07. The molecule has 0 fully saturated rings. The third-order valence-electron chi connectivity index (χ3n) is 2.58. The minimum Gasteiger partial charge on any atom is -0.493 e. The molecule has 0 heterocycles. The second kappa shape index (κ2) is 7.04. The fourth-order valence-corrected chi connectivity index (χ4v) is 2.30. The molecule has 0 bridgehead atoms. The highest BCUT2D eigenvalue weighted by Gasteiger charge is 1.97. The molecule has 2 rings (SSSR count). The predicted octanol–water partition coefficient (Wildman–Crippen LogP) is 4.04. The maximum atomic E-state index is 12.7. The third kappa shape index (κ3) is 4.48. The van der Waals surface area contributed by atoms with Crippen LogP contribution in [-0.2, 0) is 0 Å². The Kier molecular flexibility index (Phi) is 5.10. The SMILES string of the molecule is CNc1ccc(OCCSc2ccc(F)cc2)cc1. The average Bonchev–Trinajstić information content (AvgIpc) is 2.46. The van der Waals surface area contributed by atoms with E-state index < -0.39 is 0 Å². The van der Waals surface area contributed by atoms with Gasteiger partial charge in [-0.25, -0.2) is 4.39 Å². The summed E-state index contributed by atoms with van der Waals surface area (Å²) in [7, 11) is 1.88. The first kappa shape index (κ1) is 13.7. The highest BCUT2D eigenvalue weighted by molar-refractivity contribution is 7.99. The van der Waals surface area contributed by atoms with Crippen molar-refractivity contribution in [2.24, 2.45) is 0 Å². The molecule has 1 N–H and O–H groups in total. The lowest BCUT2D eigenvalue weighted by Crippen LogP contribution is -2.00. The Hall–Kier alpha value is -1.68. The molecule has 19 heavy (non-hydrogen) atoms. The van der Waals surface area contributed by atoms with Gasteiger partial charge in [-0.2, -0.15) is 0 Å². The molecule has 0 aromatic heterocycles. The number of benzene rings is 2. The van der Waals surface area contributed by atoms with Gasteiger partial charge < -0.3 is 10.1 Å². The van der Waals surface area contributed by atoms with Gasteiger partial charge in [0.25, 0.3) is 0 Å². The molecule has 0 aliphatic rings. The van der Waals surface area contributed by atoms with Crippen molar-refractivity contribution in [1.29, 1.82) is 0 Å². The summed E-state index contributed by atoms with van der Waals surface area (Å²) in [6.07, 6.45) is 0. The Morgan fingerprint density at radius 3 is 2.37 bits per heavy atom. The van der Waals surface area contributed by atoms with Crippen LogP contribution in [0.25, 0.3) is 0 Å². The monoisotopic (exact) mass is 277 g/mol. The summed E-state index contributed by atoms with van der Waals surface area (Å²) < 4.78 is 18.3. The zero-order valence-electron chi connectivity index (χ0n) is 10.7. The Bertz CT molecular complexity index is 499. The zero-order chi connectivity index (χ0) is 13.5. The van der Waals surface area contributed by atoms with Gasteiger partial charge in [-0.3, -0.25) is 0 Å². The maximum absolute atomic E-state index is 12.7. The van der Waals surface area contributed by atoms with E-state index in [1.165, 1.54) is 12.1 Å². The van der Waals surface area contributed by atoms with E-state index in [1.54, 1.807) is 23.9 Å². The Morgan fingerprint density at radius 1 is 1.05 bits per heavy atom. The van der Waals surface area contributed by atoms with Gasteiger partial charge in [0.1, 0.15) is 11.6 Å². The van der Waals surface area contributed by atoms with Crippen LogP contribution in [0.2, 0.25) is 0 Å². The van der Waals surface area contributed by atoms with Crippen LogP contribution in [0, 0.1) is 5.82 Å². The molecule has 0 amide bonds. The van der Waals surface area contributed by atoms with Crippen molar-refractivity contribution in [1.82, 2.24) is 0 Å². The van der Waals surface area contributed by atoms with Gasteiger partial charge in [-0.1, -0.05) is 0 Å². The molecule has 0 saturated heterocycles. The molecule has 0 aliphatic heterocycles. The lowest BCUT2D eigenvalue weighted by atomic mass is 10.3. The van der Waals surface area contributed by atoms with E-state index in [2.05, 4.69) is 5.32 Å². The zero-order valence-corrected chi connectivity index (χ0v) is 11.5. The summed E-state index contributed by atoms with van der Waals surface area (Å²) in [5.41, 5.74) is 1.06. The smallest absolute Gasteiger partial charge is 0.123 e. The molecule has 100 valence electrons.